The number of hydrogen-bond donors (Lipinski definition) is 1. The minimum atomic E-state index is -0.442. The van der Waals surface area contributed by atoms with Crippen molar-refractivity contribution >= 4 is 23.4 Å². The summed E-state index contributed by atoms with van der Waals surface area (Å²) in [6.07, 6.45) is 4.57. The number of hydrogen-bond acceptors (Lipinski definition) is 5. The number of rotatable bonds is 6. The second-order valence-electron chi connectivity index (χ2n) is 7.62. The molecule has 0 spiro atoms. The molecule has 3 aromatic rings. The van der Waals surface area contributed by atoms with Gasteiger partial charge >= 0.3 is 0 Å². The van der Waals surface area contributed by atoms with Crippen molar-refractivity contribution in [1.29, 1.82) is 0 Å². The fourth-order valence-electron chi connectivity index (χ4n) is 3.90. The van der Waals surface area contributed by atoms with E-state index in [1.807, 2.05) is 61.0 Å². The van der Waals surface area contributed by atoms with Gasteiger partial charge in [-0.05, 0) is 65.9 Å². The predicted octanol–water partition coefficient (Wildman–Crippen LogP) is 4.88. The van der Waals surface area contributed by atoms with Gasteiger partial charge < -0.3 is 5.32 Å². The molecule has 1 heterocycles. The highest BCUT2D eigenvalue weighted by atomic mass is 32.2. The maximum Gasteiger partial charge on any atom is 0.242 e. The van der Waals surface area contributed by atoms with E-state index in [2.05, 4.69) is 26.9 Å². The highest BCUT2D eigenvalue weighted by Gasteiger charge is 2.28. The van der Waals surface area contributed by atoms with Gasteiger partial charge in [-0.2, -0.15) is 0 Å². The van der Waals surface area contributed by atoms with Crippen LogP contribution in [-0.2, 0) is 4.79 Å². The van der Waals surface area contributed by atoms with Crippen LogP contribution in [0, 0.1) is 13.8 Å². The van der Waals surface area contributed by atoms with Gasteiger partial charge in [0.2, 0.25) is 11.1 Å². The van der Waals surface area contributed by atoms with Crippen molar-refractivity contribution in [2.75, 3.05) is 5.32 Å². The van der Waals surface area contributed by atoms with Gasteiger partial charge in [0, 0.05) is 5.69 Å². The molecule has 1 atom stereocenters. The van der Waals surface area contributed by atoms with E-state index in [1.54, 1.807) is 0 Å². The number of carbonyl (C=O) groups excluding carboxylic acids is 1. The molecule has 6 nitrogen and oxygen atoms in total. The zero-order valence-corrected chi connectivity index (χ0v) is 17.5. The van der Waals surface area contributed by atoms with Gasteiger partial charge in [-0.25, -0.2) is 4.68 Å². The topological polar surface area (TPSA) is 72.7 Å². The van der Waals surface area contributed by atoms with E-state index < -0.39 is 5.25 Å². The second-order valence-corrected chi connectivity index (χ2v) is 8.69. The molecule has 150 valence electrons. The summed E-state index contributed by atoms with van der Waals surface area (Å²) in [4.78, 5) is 13.3. The van der Waals surface area contributed by atoms with Crippen molar-refractivity contribution in [1.82, 2.24) is 20.2 Å². The average Bonchev–Trinajstić information content (AvgIpc) is 3.37. The van der Waals surface area contributed by atoms with Crippen molar-refractivity contribution in [3.05, 3.63) is 65.2 Å². The van der Waals surface area contributed by atoms with E-state index in [1.165, 1.54) is 24.6 Å². The molecule has 1 saturated carbocycles. The standard InChI is InChI=1S/C22H25N5OS/c1-15-12-16(2)14-18(13-15)23-21(28)20(17-8-4-3-5-9-17)29-22-24-25-26-27(22)19-10-6-7-11-19/h3-5,8-9,12-14,19-20H,6-7,10-11H2,1-2H3,(H,23,28)/t20-/m0/s1. The molecule has 0 unspecified atom stereocenters. The summed E-state index contributed by atoms with van der Waals surface area (Å²) >= 11 is 1.41. The number of aryl methyl sites for hydroxylation is 2. The summed E-state index contributed by atoms with van der Waals surface area (Å²) in [5.74, 6) is -0.0767. The molecule has 1 aromatic heterocycles. The molecule has 0 saturated heterocycles. The summed E-state index contributed by atoms with van der Waals surface area (Å²) in [5.41, 5.74) is 3.98. The number of carbonyl (C=O) groups is 1. The van der Waals surface area contributed by atoms with Gasteiger partial charge in [0.1, 0.15) is 5.25 Å². The molecular weight excluding hydrogens is 382 g/mol. The second kappa shape index (κ2) is 8.78. The molecule has 1 amide bonds. The van der Waals surface area contributed by atoms with E-state index in [4.69, 9.17) is 0 Å². The first-order chi connectivity index (χ1) is 14.1. The normalized spacial score (nSPS) is 15.4. The Hall–Kier alpha value is -2.67. The van der Waals surface area contributed by atoms with Crippen LogP contribution in [0.5, 0.6) is 0 Å². The summed E-state index contributed by atoms with van der Waals surface area (Å²) in [5, 5.41) is 15.7. The lowest BCUT2D eigenvalue weighted by Gasteiger charge is -2.18. The molecule has 0 radical (unpaired) electrons. The third-order valence-corrected chi connectivity index (χ3v) is 6.39. The minimum absolute atomic E-state index is 0.0767. The predicted molar refractivity (Wildman–Crippen MR) is 115 cm³/mol. The Bertz CT molecular complexity index is 962. The number of anilines is 1. The lowest BCUT2D eigenvalue weighted by atomic mass is 10.1. The third kappa shape index (κ3) is 4.67. The van der Waals surface area contributed by atoms with Crippen molar-refractivity contribution < 1.29 is 4.79 Å². The lowest BCUT2D eigenvalue weighted by molar-refractivity contribution is -0.115. The van der Waals surface area contributed by atoms with Crippen molar-refractivity contribution in [2.45, 2.75) is 56.0 Å². The van der Waals surface area contributed by atoms with Crippen LogP contribution in [0.1, 0.15) is 53.7 Å². The summed E-state index contributed by atoms with van der Waals surface area (Å²) in [6, 6.07) is 16.2. The minimum Gasteiger partial charge on any atom is -0.325 e. The number of nitrogens with one attached hydrogen (secondary N) is 1. The van der Waals surface area contributed by atoms with Gasteiger partial charge in [0.05, 0.1) is 6.04 Å². The molecule has 0 aliphatic heterocycles. The fourth-order valence-corrected chi connectivity index (χ4v) is 4.95. The van der Waals surface area contributed by atoms with Crippen LogP contribution in [-0.4, -0.2) is 26.1 Å². The number of thioether (sulfide) groups is 1. The first-order valence-corrected chi connectivity index (χ1v) is 10.9. The molecular formula is C22H25N5OS. The first kappa shape index (κ1) is 19.6. The number of aromatic nitrogens is 4. The average molecular weight is 408 g/mol. The van der Waals surface area contributed by atoms with Gasteiger partial charge in [-0.3, -0.25) is 4.79 Å². The van der Waals surface area contributed by atoms with Crippen LogP contribution < -0.4 is 5.32 Å². The van der Waals surface area contributed by atoms with Crippen LogP contribution in [0.25, 0.3) is 0 Å². The van der Waals surface area contributed by atoms with Crippen molar-refractivity contribution in [2.24, 2.45) is 0 Å². The smallest absolute Gasteiger partial charge is 0.242 e. The first-order valence-electron chi connectivity index (χ1n) is 9.99. The number of amides is 1. The van der Waals surface area contributed by atoms with Crippen molar-refractivity contribution in [3.8, 4) is 0 Å². The molecule has 29 heavy (non-hydrogen) atoms. The van der Waals surface area contributed by atoms with Crippen LogP contribution >= 0.6 is 11.8 Å². The molecule has 1 fully saturated rings. The van der Waals surface area contributed by atoms with Crippen LogP contribution in [0.15, 0.2) is 53.7 Å². The van der Waals surface area contributed by atoms with Crippen LogP contribution in [0.4, 0.5) is 5.69 Å². The number of tetrazole rings is 1. The molecule has 1 aliphatic rings. The summed E-state index contributed by atoms with van der Waals surface area (Å²) in [6.45, 7) is 4.06. The highest BCUT2D eigenvalue weighted by molar-refractivity contribution is 8.00. The SMILES string of the molecule is Cc1cc(C)cc(NC(=O)[C@@H](Sc2nnnn2C2CCCC2)c2ccccc2)c1. The molecule has 2 aromatic carbocycles. The zero-order valence-electron chi connectivity index (χ0n) is 16.7. The van der Waals surface area contributed by atoms with E-state index in [0.29, 0.717) is 11.2 Å². The molecule has 4 rings (SSSR count). The summed E-state index contributed by atoms with van der Waals surface area (Å²) in [7, 11) is 0. The number of nitrogens with zero attached hydrogens (tertiary/aromatic N) is 4. The van der Waals surface area contributed by atoms with Gasteiger partial charge in [0.25, 0.3) is 0 Å². The van der Waals surface area contributed by atoms with Crippen LogP contribution in [0.2, 0.25) is 0 Å². The van der Waals surface area contributed by atoms with E-state index >= 15 is 0 Å². The molecule has 1 N–H and O–H groups in total. The lowest BCUT2D eigenvalue weighted by Crippen LogP contribution is -2.20. The highest BCUT2D eigenvalue weighted by Crippen LogP contribution is 2.38. The summed E-state index contributed by atoms with van der Waals surface area (Å²) < 4.78 is 1.90. The Morgan fingerprint density at radius 3 is 2.48 bits per heavy atom. The molecule has 7 heteroatoms. The Morgan fingerprint density at radius 1 is 1.10 bits per heavy atom. The van der Waals surface area contributed by atoms with Gasteiger partial charge in [-0.15, -0.1) is 5.10 Å². The van der Waals surface area contributed by atoms with E-state index in [-0.39, 0.29) is 5.91 Å². The Balaban J connectivity index is 1.61. The third-order valence-electron chi connectivity index (χ3n) is 5.19. The Kier molecular flexibility index (Phi) is 5.94. The monoisotopic (exact) mass is 407 g/mol. The zero-order chi connectivity index (χ0) is 20.2. The quantitative estimate of drug-likeness (QED) is 0.590. The molecule has 0 bridgehead atoms. The maximum absolute atomic E-state index is 13.3. The largest absolute Gasteiger partial charge is 0.325 e. The Morgan fingerprint density at radius 2 is 1.79 bits per heavy atom. The van der Waals surface area contributed by atoms with Crippen LogP contribution in [0.3, 0.4) is 0 Å². The number of benzene rings is 2. The van der Waals surface area contributed by atoms with Crippen molar-refractivity contribution in [3.63, 3.8) is 0 Å². The fraction of sp³-hybridized carbons (Fsp3) is 0.364. The Labute approximate surface area is 175 Å². The molecule has 1 aliphatic carbocycles. The van der Waals surface area contributed by atoms with Gasteiger partial charge in [0.15, 0.2) is 0 Å². The maximum atomic E-state index is 13.3. The van der Waals surface area contributed by atoms with E-state index in [0.717, 1.165) is 35.2 Å². The van der Waals surface area contributed by atoms with E-state index in [9.17, 15) is 4.79 Å². The van der Waals surface area contributed by atoms with Gasteiger partial charge in [-0.1, -0.05) is 61.0 Å².